The lowest BCUT2D eigenvalue weighted by molar-refractivity contribution is 0.229. The van der Waals surface area contributed by atoms with Crippen molar-refractivity contribution in [2.45, 2.75) is 19.0 Å². The molecule has 3 aromatic rings. The Hall–Kier alpha value is -1.75. The van der Waals surface area contributed by atoms with Crippen LogP contribution in [-0.2, 0) is 13.1 Å². The van der Waals surface area contributed by atoms with Gasteiger partial charge in [0.05, 0.1) is 0 Å². The molecule has 0 aliphatic carbocycles. The van der Waals surface area contributed by atoms with Crippen LogP contribution in [0.2, 0.25) is 4.34 Å². The molecule has 1 aliphatic heterocycles. The number of hydrogen-bond donors (Lipinski definition) is 0. The molecule has 1 atom stereocenters. The average Bonchev–Trinajstić information content (AvgIpc) is 3.00. The summed E-state index contributed by atoms with van der Waals surface area (Å²) in [6.45, 7) is 2.63. The molecule has 0 bridgehead atoms. The normalized spacial score (nSPS) is 17.9. The highest BCUT2D eigenvalue weighted by Crippen LogP contribution is 2.34. The van der Waals surface area contributed by atoms with Crippen LogP contribution in [-0.4, -0.2) is 21.0 Å². The Balaban J connectivity index is 1.67. The molecule has 0 saturated carbocycles. The maximum Gasteiger partial charge on any atom is 0.138 e. The quantitative estimate of drug-likeness (QED) is 0.709. The van der Waals surface area contributed by atoms with Gasteiger partial charge in [0.2, 0.25) is 0 Å². The first-order valence-electron chi connectivity index (χ1n) is 7.63. The zero-order chi connectivity index (χ0) is 15.6. The predicted octanol–water partition coefficient (Wildman–Crippen LogP) is 4.34. The van der Waals surface area contributed by atoms with E-state index >= 15 is 0 Å². The molecule has 0 spiro atoms. The monoisotopic (exact) mass is 341 g/mol. The van der Waals surface area contributed by atoms with Crippen molar-refractivity contribution < 1.29 is 0 Å². The fourth-order valence-corrected chi connectivity index (χ4v) is 3.89. The average molecular weight is 342 g/mol. The Bertz CT molecular complexity index is 803. The number of rotatable bonds is 3. The summed E-state index contributed by atoms with van der Waals surface area (Å²) in [4.78, 5) is 2.41. The van der Waals surface area contributed by atoms with Crippen molar-refractivity contribution in [1.82, 2.24) is 14.5 Å². The minimum absolute atomic E-state index is 0.381. The van der Waals surface area contributed by atoms with Gasteiger partial charge in [0.25, 0.3) is 0 Å². The van der Waals surface area contributed by atoms with Crippen LogP contribution in [0.5, 0.6) is 0 Å². The summed E-state index contributed by atoms with van der Waals surface area (Å²) in [5.74, 6) is 0.381. The van der Waals surface area contributed by atoms with E-state index in [4.69, 9.17) is 11.6 Å². The van der Waals surface area contributed by atoms with E-state index in [0.29, 0.717) is 10.3 Å². The minimum atomic E-state index is 0.381. The lowest BCUT2D eigenvalue weighted by Crippen LogP contribution is -2.33. The Labute approximate surface area is 144 Å². The van der Waals surface area contributed by atoms with E-state index in [1.54, 1.807) is 0 Å². The Morgan fingerprint density at radius 3 is 2.65 bits per heavy atom. The van der Waals surface area contributed by atoms with Crippen molar-refractivity contribution in [1.29, 1.82) is 0 Å². The third kappa shape index (κ3) is 3.02. The second-order valence-electron chi connectivity index (χ2n) is 5.83. The lowest BCUT2D eigenvalue weighted by atomic mass is 9.84. The maximum atomic E-state index is 6.18. The number of halogens is 1. The Kier molecular flexibility index (Phi) is 4.12. The highest BCUT2D eigenvalue weighted by Gasteiger charge is 2.27. The van der Waals surface area contributed by atoms with Gasteiger partial charge in [-0.2, -0.15) is 0 Å². The van der Waals surface area contributed by atoms with Gasteiger partial charge in [-0.3, -0.25) is 4.90 Å². The molecule has 0 radical (unpaired) electrons. The number of hydrogen-bond acceptors (Lipinski definition) is 4. The van der Waals surface area contributed by atoms with Gasteiger partial charge in [0.15, 0.2) is 0 Å². The Morgan fingerprint density at radius 2 is 1.87 bits per heavy atom. The Morgan fingerprint density at radius 1 is 1.09 bits per heavy atom. The topological polar surface area (TPSA) is 29.0 Å². The molecule has 2 heterocycles. The fraction of sp³-hybridized carbons (Fsp3) is 0.222. The summed E-state index contributed by atoms with van der Waals surface area (Å²) in [6, 6.07) is 19.4. The van der Waals surface area contributed by atoms with Crippen molar-refractivity contribution >= 4 is 23.1 Å². The van der Waals surface area contributed by atoms with Crippen LogP contribution < -0.4 is 0 Å². The lowest BCUT2D eigenvalue weighted by Gasteiger charge is -2.34. The van der Waals surface area contributed by atoms with Crippen molar-refractivity contribution in [3.05, 3.63) is 81.3 Å². The fourth-order valence-electron chi connectivity index (χ4n) is 3.27. The SMILES string of the molecule is Clc1snnc1CN1Cc2ccccc2C(c2ccccc2)C1. The van der Waals surface area contributed by atoms with E-state index in [1.807, 2.05) is 0 Å². The number of nitrogens with zero attached hydrogens (tertiary/aromatic N) is 3. The van der Waals surface area contributed by atoms with Gasteiger partial charge in [-0.25, -0.2) is 0 Å². The molecule has 2 aromatic carbocycles. The van der Waals surface area contributed by atoms with E-state index in [2.05, 4.69) is 69.1 Å². The van der Waals surface area contributed by atoms with Gasteiger partial charge >= 0.3 is 0 Å². The molecular formula is C18H16ClN3S. The molecule has 3 nitrogen and oxygen atoms in total. The summed E-state index contributed by atoms with van der Waals surface area (Å²) in [6.07, 6.45) is 0. The second-order valence-corrected chi connectivity index (χ2v) is 7.18. The zero-order valence-corrected chi connectivity index (χ0v) is 14.1. The van der Waals surface area contributed by atoms with Crippen LogP contribution in [0.25, 0.3) is 0 Å². The summed E-state index contributed by atoms with van der Waals surface area (Å²) < 4.78 is 4.64. The minimum Gasteiger partial charge on any atom is -0.292 e. The summed E-state index contributed by atoms with van der Waals surface area (Å²) in [5, 5.41) is 4.16. The first-order chi connectivity index (χ1) is 11.3. The van der Waals surface area contributed by atoms with Crippen molar-refractivity contribution in [3.8, 4) is 0 Å². The van der Waals surface area contributed by atoms with Crippen LogP contribution in [0.1, 0.15) is 28.3 Å². The first-order valence-corrected chi connectivity index (χ1v) is 8.78. The van der Waals surface area contributed by atoms with Gasteiger partial charge in [-0.05, 0) is 16.7 Å². The highest BCUT2D eigenvalue weighted by molar-refractivity contribution is 7.10. The molecule has 5 heteroatoms. The summed E-state index contributed by atoms with van der Waals surface area (Å²) >= 11 is 7.43. The van der Waals surface area contributed by atoms with E-state index in [-0.39, 0.29) is 0 Å². The molecule has 0 saturated heterocycles. The van der Waals surface area contributed by atoms with Crippen molar-refractivity contribution in [3.63, 3.8) is 0 Å². The summed E-state index contributed by atoms with van der Waals surface area (Å²) in [7, 11) is 0. The van der Waals surface area contributed by atoms with Crippen LogP contribution in [0.15, 0.2) is 54.6 Å². The largest absolute Gasteiger partial charge is 0.292 e. The number of aromatic nitrogens is 2. The zero-order valence-electron chi connectivity index (χ0n) is 12.5. The number of benzene rings is 2. The molecule has 23 heavy (non-hydrogen) atoms. The van der Waals surface area contributed by atoms with E-state index in [9.17, 15) is 0 Å². The van der Waals surface area contributed by atoms with Crippen molar-refractivity contribution in [2.75, 3.05) is 6.54 Å². The van der Waals surface area contributed by atoms with Crippen molar-refractivity contribution in [2.24, 2.45) is 0 Å². The highest BCUT2D eigenvalue weighted by atomic mass is 35.5. The van der Waals surface area contributed by atoms with Crippen LogP contribution in [0.4, 0.5) is 0 Å². The standard InChI is InChI=1S/C18H16ClN3S/c19-18-17(20-21-23-18)12-22-10-14-8-4-5-9-15(14)16(11-22)13-6-2-1-3-7-13/h1-9,16H,10-12H2. The van der Waals surface area contributed by atoms with Gasteiger partial charge in [0.1, 0.15) is 10.0 Å². The molecule has 1 aliphatic rings. The summed E-state index contributed by atoms with van der Waals surface area (Å²) in [5.41, 5.74) is 5.04. The van der Waals surface area contributed by atoms with Gasteiger partial charge in [-0.1, -0.05) is 70.7 Å². The molecule has 0 fully saturated rings. The second kappa shape index (κ2) is 6.40. The molecule has 0 amide bonds. The van der Waals surface area contributed by atoms with Gasteiger partial charge in [-0.15, -0.1) is 5.10 Å². The smallest absolute Gasteiger partial charge is 0.138 e. The predicted molar refractivity (Wildman–Crippen MR) is 93.8 cm³/mol. The van der Waals surface area contributed by atoms with Crippen LogP contribution >= 0.6 is 23.1 Å². The maximum absolute atomic E-state index is 6.18. The number of fused-ring (bicyclic) bond motifs is 1. The molecule has 4 rings (SSSR count). The third-order valence-electron chi connectivity index (χ3n) is 4.35. The molecule has 0 N–H and O–H groups in total. The van der Waals surface area contributed by atoms with Gasteiger partial charge < -0.3 is 0 Å². The van der Waals surface area contributed by atoms with E-state index in [0.717, 1.165) is 25.3 Å². The van der Waals surface area contributed by atoms with E-state index in [1.165, 1.54) is 28.2 Å². The third-order valence-corrected chi connectivity index (χ3v) is 5.33. The first kappa shape index (κ1) is 14.8. The van der Waals surface area contributed by atoms with Crippen LogP contribution in [0.3, 0.4) is 0 Å². The molecule has 1 aromatic heterocycles. The molecule has 116 valence electrons. The van der Waals surface area contributed by atoms with Crippen LogP contribution in [0, 0.1) is 0 Å². The molecule has 1 unspecified atom stereocenters. The molecular weight excluding hydrogens is 326 g/mol. The van der Waals surface area contributed by atoms with Gasteiger partial charge in [0, 0.05) is 37.1 Å². The van der Waals surface area contributed by atoms with E-state index < -0.39 is 0 Å².